The van der Waals surface area contributed by atoms with Gasteiger partial charge in [-0.05, 0) is 48.7 Å². The van der Waals surface area contributed by atoms with Gasteiger partial charge in [-0.2, -0.15) is 23.2 Å². The van der Waals surface area contributed by atoms with Crippen LogP contribution in [-0.2, 0) is 10.7 Å². The molecule has 2 aromatic rings. The van der Waals surface area contributed by atoms with Crippen LogP contribution in [0.5, 0.6) is 0 Å². The van der Waals surface area contributed by atoms with E-state index in [1.165, 1.54) is 62.3 Å². The number of halogens is 6. The molecule has 1 aliphatic rings. The number of aliphatic imine (C=N–C) groups is 2. The monoisotopic (exact) mass is 540 g/mol. The fraction of sp³-hybridized carbons (Fsp3) is 0.346. The molecule has 0 unspecified atom stereocenters. The van der Waals surface area contributed by atoms with Gasteiger partial charge in [-0.15, -0.1) is 0 Å². The second-order valence-corrected chi connectivity index (χ2v) is 8.64. The van der Waals surface area contributed by atoms with Crippen LogP contribution in [0.4, 0.5) is 32.0 Å². The van der Waals surface area contributed by atoms with Crippen molar-refractivity contribution in [1.29, 1.82) is 0 Å². The fourth-order valence-corrected chi connectivity index (χ4v) is 3.48. The third-order valence-corrected chi connectivity index (χ3v) is 5.47. The van der Waals surface area contributed by atoms with Gasteiger partial charge in [-0.3, -0.25) is 4.79 Å². The minimum atomic E-state index is -4.68. The first-order valence-corrected chi connectivity index (χ1v) is 11.6. The van der Waals surface area contributed by atoms with Crippen molar-refractivity contribution in [2.45, 2.75) is 38.3 Å². The summed E-state index contributed by atoms with van der Waals surface area (Å²) in [5.41, 5.74) is 0.316. The topological polar surface area (TPSA) is 66.3 Å². The average molecular weight is 541 g/mol. The van der Waals surface area contributed by atoms with Gasteiger partial charge in [0.25, 0.3) is 11.8 Å². The molecule has 0 spiro atoms. The molecule has 204 valence electrons. The van der Waals surface area contributed by atoms with Crippen LogP contribution in [0.15, 0.2) is 64.3 Å². The number of nitrogens with zero attached hydrogens (tertiary/aromatic N) is 3. The van der Waals surface area contributed by atoms with Gasteiger partial charge in [-0.25, -0.2) is 13.2 Å². The van der Waals surface area contributed by atoms with Crippen molar-refractivity contribution in [3.05, 3.63) is 76.9 Å². The molecule has 0 radical (unpaired) electrons. The van der Waals surface area contributed by atoms with E-state index in [0.717, 1.165) is 6.07 Å². The van der Waals surface area contributed by atoms with Crippen LogP contribution in [-0.4, -0.2) is 49.4 Å². The maximum Gasteiger partial charge on any atom is 0.422 e. The number of hydrogen-bond acceptors (Lipinski definition) is 5. The molecule has 0 saturated heterocycles. The molecule has 0 aliphatic carbocycles. The fourth-order valence-electron chi connectivity index (χ4n) is 3.48. The second kappa shape index (κ2) is 11.7. The number of carbonyl (C=O) groups excluding carboxylic acids is 1. The number of nitrogens with one attached hydrogen (secondary N) is 1. The lowest BCUT2D eigenvalue weighted by Gasteiger charge is -2.17. The summed E-state index contributed by atoms with van der Waals surface area (Å²) in [7, 11) is 2.91. The van der Waals surface area contributed by atoms with Crippen LogP contribution >= 0.6 is 0 Å². The van der Waals surface area contributed by atoms with Gasteiger partial charge in [0.2, 0.25) is 0 Å². The van der Waals surface area contributed by atoms with Crippen LogP contribution in [0, 0.1) is 5.82 Å². The summed E-state index contributed by atoms with van der Waals surface area (Å²) in [5, 5.41) is 2.82. The summed E-state index contributed by atoms with van der Waals surface area (Å²) in [4.78, 5) is 21.7. The van der Waals surface area contributed by atoms with E-state index < -0.39 is 42.9 Å². The minimum absolute atomic E-state index is 0.0459. The Balaban J connectivity index is 1.97. The molecule has 0 bridgehead atoms. The first-order chi connectivity index (χ1) is 17.8. The lowest BCUT2D eigenvalue weighted by atomic mass is 10.0. The van der Waals surface area contributed by atoms with E-state index >= 15 is 0 Å². The number of amides is 1. The molecule has 6 nitrogen and oxygen atoms in total. The van der Waals surface area contributed by atoms with E-state index in [9.17, 15) is 31.1 Å². The van der Waals surface area contributed by atoms with Gasteiger partial charge in [-0.1, -0.05) is 25.1 Å². The second-order valence-electron chi connectivity index (χ2n) is 8.64. The van der Waals surface area contributed by atoms with Crippen molar-refractivity contribution in [2.75, 3.05) is 26.0 Å². The number of anilines is 1. The van der Waals surface area contributed by atoms with E-state index in [1.54, 1.807) is 6.08 Å². The third kappa shape index (κ3) is 7.59. The number of hydrogen-bond donors (Lipinski definition) is 1. The Hall–Kier alpha value is -3.83. The van der Waals surface area contributed by atoms with Gasteiger partial charge < -0.3 is 15.0 Å². The van der Waals surface area contributed by atoms with Crippen molar-refractivity contribution in [1.82, 2.24) is 4.90 Å². The molecule has 2 aromatic carbocycles. The van der Waals surface area contributed by atoms with Crippen molar-refractivity contribution < 1.29 is 35.9 Å². The summed E-state index contributed by atoms with van der Waals surface area (Å²) in [6, 6.07) is 8.48. The SMILES string of the molecule is CCC(F)(F)c1cccc(NC2=CCCC(c3ccc(F)c(C(=O)N(C)C)c3)=NC(OCC(F)(F)F)=N2)c1. The quantitative estimate of drug-likeness (QED) is 0.408. The molecule has 0 atom stereocenters. The zero-order valence-corrected chi connectivity index (χ0v) is 20.9. The van der Waals surface area contributed by atoms with E-state index in [2.05, 4.69) is 15.3 Å². The first kappa shape index (κ1) is 28.7. The Bertz CT molecular complexity index is 1270. The number of allylic oxidation sites excluding steroid dienone is 1. The highest BCUT2D eigenvalue weighted by Crippen LogP contribution is 2.33. The van der Waals surface area contributed by atoms with Crippen LogP contribution in [0.1, 0.15) is 47.7 Å². The molecule has 3 rings (SSSR count). The lowest BCUT2D eigenvalue weighted by molar-refractivity contribution is -0.156. The van der Waals surface area contributed by atoms with E-state index in [-0.39, 0.29) is 41.2 Å². The van der Waals surface area contributed by atoms with E-state index in [4.69, 9.17) is 4.74 Å². The minimum Gasteiger partial charge on any atom is -0.454 e. The van der Waals surface area contributed by atoms with E-state index in [0.29, 0.717) is 5.56 Å². The molecule has 0 fully saturated rings. The molecular weight excluding hydrogens is 514 g/mol. The molecule has 38 heavy (non-hydrogen) atoms. The van der Waals surface area contributed by atoms with Crippen LogP contribution in [0.2, 0.25) is 0 Å². The zero-order chi connectivity index (χ0) is 28.1. The van der Waals surface area contributed by atoms with Gasteiger partial charge >= 0.3 is 12.2 Å². The predicted molar refractivity (Wildman–Crippen MR) is 132 cm³/mol. The summed E-state index contributed by atoms with van der Waals surface area (Å²) in [6.45, 7) is -0.329. The highest BCUT2D eigenvalue weighted by atomic mass is 19.4. The van der Waals surface area contributed by atoms with Gasteiger partial charge in [0.05, 0.1) is 11.3 Å². The molecular formula is C26H26F6N4O2. The highest BCUT2D eigenvalue weighted by Gasteiger charge is 2.30. The largest absolute Gasteiger partial charge is 0.454 e. The molecule has 1 amide bonds. The van der Waals surface area contributed by atoms with Crippen molar-refractivity contribution in [3.8, 4) is 0 Å². The smallest absolute Gasteiger partial charge is 0.422 e. The van der Waals surface area contributed by atoms with Crippen molar-refractivity contribution in [2.24, 2.45) is 9.98 Å². The van der Waals surface area contributed by atoms with Gasteiger partial charge in [0, 0.05) is 31.8 Å². The van der Waals surface area contributed by atoms with Crippen LogP contribution in [0.3, 0.4) is 0 Å². The number of alkyl halides is 5. The predicted octanol–water partition coefficient (Wildman–Crippen LogP) is 6.50. The van der Waals surface area contributed by atoms with Crippen LogP contribution in [0.25, 0.3) is 0 Å². The Kier molecular flexibility index (Phi) is 8.85. The molecule has 1 heterocycles. The summed E-state index contributed by atoms with van der Waals surface area (Å²) in [6.07, 6.45) is -3.08. The molecule has 1 aliphatic heterocycles. The maximum absolute atomic E-state index is 14.3. The van der Waals surface area contributed by atoms with Gasteiger partial charge in [0.15, 0.2) is 6.61 Å². The molecule has 12 heteroatoms. The Morgan fingerprint density at radius 3 is 2.47 bits per heavy atom. The highest BCUT2D eigenvalue weighted by molar-refractivity contribution is 6.08. The Labute approximate surface area is 215 Å². The summed E-state index contributed by atoms with van der Waals surface area (Å²) in [5.74, 6) is -4.37. The number of carbonyl (C=O) groups is 1. The lowest BCUT2D eigenvalue weighted by Crippen LogP contribution is -2.23. The molecule has 0 aromatic heterocycles. The average Bonchev–Trinajstić information content (AvgIpc) is 2.84. The van der Waals surface area contributed by atoms with Crippen molar-refractivity contribution >= 4 is 23.3 Å². The molecule has 0 saturated carbocycles. The summed E-state index contributed by atoms with van der Waals surface area (Å²) >= 11 is 0. The molecule has 1 N–H and O–H groups in total. The van der Waals surface area contributed by atoms with Gasteiger partial charge in [0.1, 0.15) is 11.6 Å². The number of amidine groups is 1. The Morgan fingerprint density at radius 1 is 1.08 bits per heavy atom. The Morgan fingerprint density at radius 2 is 1.82 bits per heavy atom. The number of rotatable bonds is 7. The number of ether oxygens (including phenoxy) is 1. The summed E-state index contributed by atoms with van der Waals surface area (Å²) < 4.78 is 86.0. The van der Waals surface area contributed by atoms with E-state index in [1.807, 2.05) is 0 Å². The normalized spacial score (nSPS) is 14.5. The zero-order valence-electron chi connectivity index (χ0n) is 20.9. The third-order valence-electron chi connectivity index (χ3n) is 5.47. The number of benzene rings is 2. The standard InChI is InChI=1S/C26H26F6N4O2/c1-4-25(28,29)17-7-5-8-18(14-17)33-22-10-6-9-21(34-24(35-22)38-15-26(30,31)32)16-11-12-20(27)19(13-16)23(37)36(2)3/h5,7-8,10-14,33H,4,6,9,15H2,1-3H3. The maximum atomic E-state index is 14.3. The van der Waals surface area contributed by atoms with Crippen LogP contribution < -0.4 is 5.32 Å². The first-order valence-electron chi connectivity index (χ1n) is 11.6. The van der Waals surface area contributed by atoms with Crippen molar-refractivity contribution in [3.63, 3.8) is 0 Å².